The normalized spacial score (nSPS) is 9.93. The minimum atomic E-state index is -0.476. The zero-order chi connectivity index (χ0) is 10.7. The van der Waals surface area contributed by atoms with Crippen molar-refractivity contribution < 1.29 is 9.53 Å². The molecule has 0 amide bonds. The second-order valence-electron chi connectivity index (χ2n) is 2.48. The van der Waals surface area contributed by atoms with Crippen LogP contribution in [0.25, 0.3) is 0 Å². The third-order valence-corrected chi connectivity index (χ3v) is 2.58. The van der Waals surface area contributed by atoms with E-state index in [4.69, 9.17) is 40.6 Å². The van der Waals surface area contributed by atoms with E-state index in [1.54, 1.807) is 6.92 Å². The number of esters is 1. The molecule has 0 unspecified atom stereocenters. The average Bonchev–Trinajstić information content (AvgIpc) is 2.11. The lowest BCUT2D eigenvalue weighted by atomic mass is 10.2. The molecule has 0 bridgehead atoms. The highest BCUT2D eigenvalue weighted by Gasteiger charge is 2.13. The highest BCUT2D eigenvalue weighted by atomic mass is 35.5. The van der Waals surface area contributed by atoms with Gasteiger partial charge in [0, 0.05) is 0 Å². The predicted octanol–water partition coefficient (Wildman–Crippen LogP) is 3.73. The minimum Gasteiger partial charge on any atom is -0.462 e. The lowest BCUT2D eigenvalue weighted by molar-refractivity contribution is 0.0522. The van der Waals surface area contributed by atoms with Gasteiger partial charge in [0.1, 0.15) is 0 Å². The van der Waals surface area contributed by atoms with E-state index in [2.05, 4.69) is 0 Å². The largest absolute Gasteiger partial charge is 0.462 e. The van der Waals surface area contributed by atoms with Crippen LogP contribution < -0.4 is 0 Å². The van der Waals surface area contributed by atoms with Crippen LogP contribution >= 0.6 is 35.8 Å². The monoisotopic (exact) mass is 249 g/mol. The van der Waals surface area contributed by atoms with Gasteiger partial charge in [-0.2, -0.15) is 0 Å². The summed E-state index contributed by atoms with van der Waals surface area (Å²) in [5.74, 6) is -0.476. The molecular formula is C9H7Cl2O2S. The van der Waals surface area contributed by atoms with Crippen LogP contribution in [-0.2, 0) is 4.74 Å². The molecule has 0 aliphatic rings. The Balaban J connectivity index is 3.09. The molecule has 0 N–H and O–H groups in total. The molecule has 5 heteroatoms. The van der Waals surface area contributed by atoms with Crippen molar-refractivity contribution in [1.82, 2.24) is 0 Å². The van der Waals surface area contributed by atoms with Crippen molar-refractivity contribution >= 4 is 41.8 Å². The molecule has 0 saturated carbocycles. The van der Waals surface area contributed by atoms with E-state index in [0.717, 1.165) is 0 Å². The standard InChI is InChI=1S/C9H7Cl2O2S/c1-2-13-9(12)5-3-6(10)7(11)4-8(5)14/h3-4H,2H2,1H3. The SMILES string of the molecule is CCOC(=O)c1cc(Cl)c(Cl)cc1[S]. The first-order chi connectivity index (χ1) is 6.56. The first-order valence-corrected chi connectivity index (χ1v) is 5.05. The van der Waals surface area contributed by atoms with Crippen LogP contribution in [0.2, 0.25) is 10.0 Å². The second-order valence-corrected chi connectivity index (χ2v) is 3.74. The fourth-order valence-electron chi connectivity index (χ4n) is 0.897. The fraction of sp³-hybridized carbons (Fsp3) is 0.222. The zero-order valence-corrected chi connectivity index (χ0v) is 9.67. The molecule has 0 saturated heterocycles. The van der Waals surface area contributed by atoms with Crippen LogP contribution in [0.3, 0.4) is 0 Å². The molecule has 1 radical (unpaired) electrons. The van der Waals surface area contributed by atoms with Gasteiger partial charge in [-0.3, -0.25) is 0 Å². The van der Waals surface area contributed by atoms with Gasteiger partial charge in [0.05, 0.1) is 27.1 Å². The summed E-state index contributed by atoms with van der Waals surface area (Å²) in [6.45, 7) is 2.02. The van der Waals surface area contributed by atoms with Gasteiger partial charge in [0.25, 0.3) is 0 Å². The van der Waals surface area contributed by atoms with Crippen LogP contribution in [0.1, 0.15) is 17.3 Å². The summed E-state index contributed by atoms with van der Waals surface area (Å²) in [5.41, 5.74) is 0.274. The van der Waals surface area contributed by atoms with Gasteiger partial charge in [-0.15, -0.1) is 0 Å². The highest BCUT2D eigenvalue weighted by Crippen LogP contribution is 2.28. The van der Waals surface area contributed by atoms with E-state index >= 15 is 0 Å². The number of benzene rings is 1. The molecule has 14 heavy (non-hydrogen) atoms. The summed E-state index contributed by atoms with van der Waals surface area (Å²) >= 11 is 16.4. The van der Waals surface area contributed by atoms with Crippen molar-refractivity contribution in [1.29, 1.82) is 0 Å². The Hall–Kier alpha value is -0.510. The van der Waals surface area contributed by atoms with E-state index in [1.165, 1.54) is 12.1 Å². The Bertz CT molecular complexity index is 366. The number of rotatable bonds is 2. The van der Waals surface area contributed by atoms with Crippen molar-refractivity contribution in [3.05, 3.63) is 27.7 Å². The highest BCUT2D eigenvalue weighted by molar-refractivity contribution is 7.80. The molecule has 0 aliphatic carbocycles. The van der Waals surface area contributed by atoms with Crippen molar-refractivity contribution in [3.8, 4) is 0 Å². The van der Waals surface area contributed by atoms with Crippen LogP contribution in [0, 0.1) is 0 Å². The van der Waals surface area contributed by atoms with E-state index < -0.39 is 5.97 Å². The molecule has 0 aliphatic heterocycles. The molecule has 1 aromatic carbocycles. The Morgan fingerprint density at radius 3 is 2.57 bits per heavy atom. The van der Waals surface area contributed by atoms with Crippen molar-refractivity contribution in [2.24, 2.45) is 0 Å². The maximum absolute atomic E-state index is 11.3. The number of hydrogen-bond acceptors (Lipinski definition) is 2. The molecule has 0 aromatic heterocycles. The van der Waals surface area contributed by atoms with Crippen molar-refractivity contribution in [2.45, 2.75) is 11.8 Å². The van der Waals surface area contributed by atoms with Crippen molar-refractivity contribution in [3.63, 3.8) is 0 Å². The maximum atomic E-state index is 11.3. The predicted molar refractivity (Wildman–Crippen MR) is 58.3 cm³/mol. The van der Waals surface area contributed by atoms with Gasteiger partial charge in [0.15, 0.2) is 0 Å². The number of halogens is 2. The summed E-state index contributed by atoms with van der Waals surface area (Å²) in [5, 5.41) is 0.632. The molecule has 0 fully saturated rings. The number of carbonyl (C=O) groups excluding carboxylic acids is 1. The van der Waals surface area contributed by atoms with E-state index in [1.807, 2.05) is 0 Å². The summed E-state index contributed by atoms with van der Waals surface area (Å²) in [7, 11) is 0. The molecular weight excluding hydrogens is 243 g/mol. The summed E-state index contributed by atoms with van der Waals surface area (Å²) in [6.07, 6.45) is 0. The number of hydrogen-bond donors (Lipinski definition) is 0. The third-order valence-electron chi connectivity index (χ3n) is 1.52. The van der Waals surface area contributed by atoms with Gasteiger partial charge in [-0.05, 0) is 19.1 Å². The first kappa shape index (κ1) is 11.6. The number of carbonyl (C=O) groups is 1. The lowest BCUT2D eigenvalue weighted by Gasteiger charge is -2.05. The fourth-order valence-corrected chi connectivity index (χ4v) is 1.55. The van der Waals surface area contributed by atoms with Gasteiger partial charge >= 0.3 is 5.97 Å². The molecule has 2 nitrogen and oxygen atoms in total. The minimum absolute atomic E-state index is 0.274. The zero-order valence-electron chi connectivity index (χ0n) is 7.34. The Morgan fingerprint density at radius 2 is 2.00 bits per heavy atom. The first-order valence-electron chi connectivity index (χ1n) is 3.89. The molecule has 0 heterocycles. The van der Waals surface area contributed by atoms with E-state index in [-0.39, 0.29) is 5.56 Å². The Morgan fingerprint density at radius 1 is 1.43 bits per heavy atom. The smallest absolute Gasteiger partial charge is 0.339 e. The van der Waals surface area contributed by atoms with E-state index in [9.17, 15) is 4.79 Å². The van der Waals surface area contributed by atoms with E-state index in [0.29, 0.717) is 21.5 Å². The van der Waals surface area contributed by atoms with Crippen LogP contribution in [0.5, 0.6) is 0 Å². The second kappa shape index (κ2) is 4.82. The topological polar surface area (TPSA) is 26.3 Å². The Labute approximate surface area is 97.6 Å². The van der Waals surface area contributed by atoms with Crippen LogP contribution in [-0.4, -0.2) is 12.6 Å². The maximum Gasteiger partial charge on any atom is 0.339 e. The molecule has 1 aromatic rings. The third kappa shape index (κ3) is 2.50. The molecule has 1 rings (SSSR count). The van der Waals surface area contributed by atoms with Crippen LogP contribution in [0.15, 0.2) is 17.0 Å². The quantitative estimate of drug-likeness (QED) is 0.747. The van der Waals surface area contributed by atoms with Gasteiger partial charge < -0.3 is 4.74 Å². The van der Waals surface area contributed by atoms with Gasteiger partial charge in [0.2, 0.25) is 0 Å². The Kier molecular flexibility index (Phi) is 3.98. The van der Waals surface area contributed by atoms with Gasteiger partial charge in [-0.1, -0.05) is 35.8 Å². The molecule has 0 atom stereocenters. The molecule has 75 valence electrons. The molecule has 0 spiro atoms. The summed E-state index contributed by atoms with van der Waals surface area (Å²) < 4.78 is 4.80. The lowest BCUT2D eigenvalue weighted by Crippen LogP contribution is -2.05. The van der Waals surface area contributed by atoms with Gasteiger partial charge in [-0.25, -0.2) is 4.79 Å². The number of ether oxygens (including phenoxy) is 1. The summed E-state index contributed by atoms with van der Waals surface area (Å²) in [6, 6.07) is 2.88. The van der Waals surface area contributed by atoms with Crippen LogP contribution in [0.4, 0.5) is 0 Å². The average molecular weight is 250 g/mol. The summed E-state index contributed by atoms with van der Waals surface area (Å²) in [4.78, 5) is 11.7. The van der Waals surface area contributed by atoms with Crippen molar-refractivity contribution in [2.75, 3.05) is 6.61 Å².